The lowest BCUT2D eigenvalue weighted by molar-refractivity contribution is -0.147. The highest BCUT2D eigenvalue weighted by Gasteiger charge is 2.48. The summed E-state index contributed by atoms with van der Waals surface area (Å²) >= 11 is 0. The van der Waals surface area contributed by atoms with Crippen molar-refractivity contribution in [2.75, 3.05) is 27.2 Å². The average molecular weight is 258 g/mol. The summed E-state index contributed by atoms with van der Waals surface area (Å²) in [5.74, 6) is -0.778. The van der Waals surface area contributed by atoms with E-state index in [9.17, 15) is 9.90 Å². The van der Waals surface area contributed by atoms with Gasteiger partial charge in [-0.05, 0) is 45.7 Å². The standard InChI is InChI=1S/C11H23BN2O4/c1-14(2)8-11(10(15)16)9(5-7-13-11)4-3-6-12(17)18/h9,13,17-18H,3-8H2,1-2H3,(H,15,16)/t9-,11+/m1/s1. The maximum absolute atomic E-state index is 11.6. The van der Waals surface area contributed by atoms with Crippen molar-refractivity contribution in [1.29, 1.82) is 0 Å². The van der Waals surface area contributed by atoms with Gasteiger partial charge >= 0.3 is 13.1 Å². The molecule has 0 radical (unpaired) electrons. The van der Waals surface area contributed by atoms with Gasteiger partial charge in [0.25, 0.3) is 0 Å². The van der Waals surface area contributed by atoms with Crippen LogP contribution in [0.25, 0.3) is 0 Å². The molecule has 0 amide bonds. The third-order valence-corrected chi connectivity index (χ3v) is 3.59. The summed E-state index contributed by atoms with van der Waals surface area (Å²) in [6, 6.07) is 0. The maximum Gasteiger partial charge on any atom is 0.451 e. The minimum atomic E-state index is -1.30. The summed E-state index contributed by atoms with van der Waals surface area (Å²) in [6.45, 7) is 1.15. The van der Waals surface area contributed by atoms with Crippen LogP contribution in [0.15, 0.2) is 0 Å². The molecule has 0 aromatic carbocycles. The minimum absolute atomic E-state index is 0.0381. The van der Waals surface area contributed by atoms with Gasteiger partial charge < -0.3 is 25.4 Å². The molecule has 1 rings (SSSR count). The van der Waals surface area contributed by atoms with Crippen LogP contribution in [0.3, 0.4) is 0 Å². The largest absolute Gasteiger partial charge is 0.480 e. The van der Waals surface area contributed by atoms with E-state index in [1.807, 2.05) is 19.0 Å². The molecule has 0 aliphatic carbocycles. The number of carboxylic acids is 1. The Morgan fingerprint density at radius 2 is 2.17 bits per heavy atom. The molecule has 1 heterocycles. The Morgan fingerprint density at radius 3 is 2.67 bits per heavy atom. The summed E-state index contributed by atoms with van der Waals surface area (Å²) in [4.78, 5) is 13.5. The van der Waals surface area contributed by atoms with Crippen LogP contribution in [-0.2, 0) is 4.79 Å². The van der Waals surface area contributed by atoms with E-state index in [1.54, 1.807) is 0 Å². The fraction of sp³-hybridized carbons (Fsp3) is 0.909. The molecular weight excluding hydrogens is 235 g/mol. The van der Waals surface area contributed by atoms with E-state index in [0.717, 1.165) is 6.42 Å². The molecule has 1 aliphatic heterocycles. The normalized spacial score (nSPS) is 27.7. The number of nitrogens with one attached hydrogen (secondary N) is 1. The number of likely N-dealkylation sites (N-methyl/N-ethyl adjacent to an activating group) is 1. The lowest BCUT2D eigenvalue weighted by Gasteiger charge is -2.34. The van der Waals surface area contributed by atoms with E-state index in [-0.39, 0.29) is 5.92 Å². The van der Waals surface area contributed by atoms with Crippen LogP contribution in [-0.4, -0.2) is 65.9 Å². The molecule has 104 valence electrons. The van der Waals surface area contributed by atoms with Gasteiger partial charge in [0.1, 0.15) is 5.54 Å². The number of carboxylic acid groups (broad SMARTS) is 1. The zero-order chi connectivity index (χ0) is 13.8. The predicted molar refractivity (Wildman–Crippen MR) is 69.3 cm³/mol. The molecule has 1 aliphatic rings. The first-order valence-electron chi connectivity index (χ1n) is 6.38. The van der Waals surface area contributed by atoms with Gasteiger partial charge in [-0.3, -0.25) is 4.79 Å². The molecule has 1 saturated heterocycles. The number of hydrogen-bond acceptors (Lipinski definition) is 5. The minimum Gasteiger partial charge on any atom is -0.480 e. The first-order valence-corrected chi connectivity index (χ1v) is 6.38. The van der Waals surface area contributed by atoms with Gasteiger partial charge in [-0.2, -0.15) is 0 Å². The summed E-state index contributed by atoms with van der Waals surface area (Å²) in [6.07, 6.45) is 2.45. The predicted octanol–water partition coefficient (Wildman–Crippen LogP) is -0.766. The summed E-state index contributed by atoms with van der Waals surface area (Å²) in [7, 11) is 2.42. The van der Waals surface area contributed by atoms with E-state index in [1.165, 1.54) is 0 Å². The Balaban J connectivity index is 2.66. The monoisotopic (exact) mass is 258 g/mol. The first kappa shape index (κ1) is 15.4. The number of hydrogen-bond donors (Lipinski definition) is 4. The van der Waals surface area contributed by atoms with Crippen molar-refractivity contribution in [3.05, 3.63) is 0 Å². The van der Waals surface area contributed by atoms with Gasteiger partial charge in [0.2, 0.25) is 0 Å². The Labute approximate surface area is 108 Å². The zero-order valence-corrected chi connectivity index (χ0v) is 11.1. The molecule has 0 saturated carbocycles. The molecule has 1 fully saturated rings. The van der Waals surface area contributed by atoms with Gasteiger partial charge in [0.15, 0.2) is 0 Å². The molecule has 18 heavy (non-hydrogen) atoms. The second-order valence-electron chi connectivity index (χ2n) is 5.34. The molecule has 0 aromatic heterocycles. The van der Waals surface area contributed by atoms with Crippen LogP contribution in [0.5, 0.6) is 0 Å². The molecule has 0 bridgehead atoms. The number of aliphatic carboxylic acids is 1. The van der Waals surface area contributed by atoms with E-state index in [4.69, 9.17) is 10.0 Å². The van der Waals surface area contributed by atoms with E-state index in [0.29, 0.717) is 32.3 Å². The lowest BCUT2D eigenvalue weighted by atomic mass is 9.77. The molecule has 4 N–H and O–H groups in total. The summed E-state index contributed by atoms with van der Waals surface area (Å²) < 4.78 is 0. The Hall–Kier alpha value is -0.625. The van der Waals surface area contributed by atoms with Crippen LogP contribution < -0.4 is 5.32 Å². The Kier molecular flexibility index (Phi) is 5.59. The lowest BCUT2D eigenvalue weighted by Crippen LogP contribution is -2.58. The fourth-order valence-corrected chi connectivity index (χ4v) is 2.80. The number of carbonyl (C=O) groups is 1. The Bertz CT molecular complexity index is 288. The summed E-state index contributed by atoms with van der Waals surface area (Å²) in [5.41, 5.74) is -0.899. The topological polar surface area (TPSA) is 93.0 Å². The van der Waals surface area contributed by atoms with Crippen LogP contribution in [0.2, 0.25) is 6.32 Å². The van der Waals surface area contributed by atoms with Gasteiger partial charge in [0.05, 0.1) is 0 Å². The quantitative estimate of drug-likeness (QED) is 0.448. The van der Waals surface area contributed by atoms with Crippen LogP contribution in [0, 0.1) is 5.92 Å². The highest BCUT2D eigenvalue weighted by molar-refractivity contribution is 6.40. The third kappa shape index (κ3) is 3.68. The molecule has 6 nitrogen and oxygen atoms in total. The maximum atomic E-state index is 11.6. The average Bonchev–Trinajstić information content (AvgIpc) is 2.61. The molecule has 2 atom stereocenters. The van der Waals surface area contributed by atoms with Crippen LogP contribution in [0.4, 0.5) is 0 Å². The third-order valence-electron chi connectivity index (χ3n) is 3.59. The van der Waals surface area contributed by atoms with Gasteiger partial charge in [-0.1, -0.05) is 6.42 Å². The van der Waals surface area contributed by atoms with Crippen molar-refractivity contribution in [2.45, 2.75) is 31.1 Å². The molecular formula is C11H23BN2O4. The van der Waals surface area contributed by atoms with E-state index in [2.05, 4.69) is 5.32 Å². The van der Waals surface area contributed by atoms with Crippen molar-refractivity contribution in [3.8, 4) is 0 Å². The van der Waals surface area contributed by atoms with Crippen molar-refractivity contribution in [2.24, 2.45) is 5.92 Å². The Morgan fingerprint density at radius 1 is 1.50 bits per heavy atom. The second-order valence-corrected chi connectivity index (χ2v) is 5.34. The zero-order valence-electron chi connectivity index (χ0n) is 11.1. The van der Waals surface area contributed by atoms with E-state index < -0.39 is 18.6 Å². The van der Waals surface area contributed by atoms with E-state index >= 15 is 0 Å². The molecule has 0 aromatic rings. The van der Waals surface area contributed by atoms with Crippen molar-refractivity contribution in [3.63, 3.8) is 0 Å². The van der Waals surface area contributed by atoms with Gasteiger partial charge in [0, 0.05) is 6.54 Å². The first-order chi connectivity index (χ1) is 8.38. The SMILES string of the molecule is CN(C)C[C@]1(C(=O)O)NCC[C@H]1CCCB(O)O. The molecule has 0 spiro atoms. The van der Waals surface area contributed by atoms with Crippen LogP contribution in [0.1, 0.15) is 19.3 Å². The number of nitrogens with zero attached hydrogens (tertiary/aromatic N) is 1. The van der Waals surface area contributed by atoms with Crippen LogP contribution >= 0.6 is 0 Å². The smallest absolute Gasteiger partial charge is 0.451 e. The number of rotatable bonds is 7. The molecule has 0 unspecified atom stereocenters. The van der Waals surface area contributed by atoms with Gasteiger partial charge in [-0.15, -0.1) is 0 Å². The highest BCUT2D eigenvalue weighted by atomic mass is 16.4. The van der Waals surface area contributed by atoms with Crippen molar-refractivity contribution >= 4 is 13.1 Å². The second kappa shape index (κ2) is 6.52. The van der Waals surface area contributed by atoms with Crippen molar-refractivity contribution in [1.82, 2.24) is 10.2 Å². The fourth-order valence-electron chi connectivity index (χ4n) is 2.80. The molecule has 7 heteroatoms. The summed E-state index contributed by atoms with van der Waals surface area (Å²) in [5, 5.41) is 30.3. The van der Waals surface area contributed by atoms with Gasteiger partial charge in [-0.25, -0.2) is 0 Å². The highest BCUT2D eigenvalue weighted by Crippen LogP contribution is 2.32. The van der Waals surface area contributed by atoms with Crippen molar-refractivity contribution < 1.29 is 19.9 Å².